The summed E-state index contributed by atoms with van der Waals surface area (Å²) >= 11 is 1.43. The number of hydrogen-bond acceptors (Lipinski definition) is 6. The van der Waals surface area contributed by atoms with Crippen LogP contribution in [0.1, 0.15) is 6.92 Å². The molecule has 0 aliphatic carbocycles. The number of anilines is 2. The van der Waals surface area contributed by atoms with E-state index in [1.165, 1.54) is 17.4 Å². The van der Waals surface area contributed by atoms with Gasteiger partial charge in [-0.3, -0.25) is 10.1 Å². The van der Waals surface area contributed by atoms with Crippen LogP contribution >= 0.6 is 11.3 Å². The van der Waals surface area contributed by atoms with Gasteiger partial charge >= 0.3 is 0 Å². The second kappa shape index (κ2) is 6.84. The van der Waals surface area contributed by atoms with Crippen molar-refractivity contribution in [3.8, 4) is 0 Å². The fourth-order valence-electron chi connectivity index (χ4n) is 2.39. The van der Waals surface area contributed by atoms with E-state index in [1.807, 2.05) is 18.2 Å². The number of nitrogens with zero attached hydrogens (tertiary/aromatic N) is 3. The van der Waals surface area contributed by atoms with E-state index in [2.05, 4.69) is 41.3 Å². The maximum Gasteiger partial charge on any atom is 0.270 e. The summed E-state index contributed by atoms with van der Waals surface area (Å²) in [5.74, 6) is 0. The minimum atomic E-state index is -0.386. The van der Waals surface area contributed by atoms with Crippen molar-refractivity contribution in [1.82, 2.24) is 4.98 Å². The number of thiazole rings is 1. The lowest BCUT2D eigenvalue weighted by Gasteiger charge is -2.27. The monoisotopic (exact) mass is 342 g/mol. The summed E-state index contributed by atoms with van der Waals surface area (Å²) in [6, 6.07) is 15.2. The summed E-state index contributed by atoms with van der Waals surface area (Å²) < 4.78 is 0.816. The van der Waals surface area contributed by atoms with Gasteiger partial charge in [0.05, 0.1) is 15.1 Å². The van der Waals surface area contributed by atoms with Crippen LogP contribution in [0.15, 0.2) is 48.5 Å². The molecule has 0 spiro atoms. The molecule has 0 saturated heterocycles. The van der Waals surface area contributed by atoms with Crippen LogP contribution in [0, 0.1) is 10.1 Å². The zero-order chi connectivity index (χ0) is 17.1. The highest BCUT2D eigenvalue weighted by atomic mass is 32.1. The lowest BCUT2D eigenvalue weighted by Crippen LogP contribution is -2.34. The first-order chi connectivity index (χ1) is 11.5. The van der Waals surface area contributed by atoms with Crippen molar-refractivity contribution in [3.63, 3.8) is 0 Å². The van der Waals surface area contributed by atoms with Crippen molar-refractivity contribution in [2.75, 3.05) is 23.8 Å². The number of rotatable bonds is 6. The van der Waals surface area contributed by atoms with Crippen LogP contribution in [0.3, 0.4) is 0 Å². The molecular weight excluding hydrogens is 324 g/mol. The number of aromatic nitrogens is 1. The summed E-state index contributed by atoms with van der Waals surface area (Å²) in [6.45, 7) is 2.87. The van der Waals surface area contributed by atoms with Gasteiger partial charge in [0.1, 0.15) is 0 Å². The van der Waals surface area contributed by atoms with Crippen molar-refractivity contribution in [2.45, 2.75) is 13.0 Å². The van der Waals surface area contributed by atoms with Crippen molar-refractivity contribution in [2.24, 2.45) is 0 Å². The van der Waals surface area contributed by atoms with Crippen LogP contribution in [0.25, 0.3) is 10.2 Å². The maximum absolute atomic E-state index is 10.8. The normalized spacial score (nSPS) is 12.1. The first kappa shape index (κ1) is 16.2. The van der Waals surface area contributed by atoms with Crippen LogP contribution in [-0.2, 0) is 0 Å². The maximum atomic E-state index is 10.8. The molecule has 0 amide bonds. The van der Waals surface area contributed by atoms with E-state index >= 15 is 0 Å². The highest BCUT2D eigenvalue weighted by molar-refractivity contribution is 7.22. The van der Waals surface area contributed by atoms with Crippen molar-refractivity contribution < 1.29 is 4.92 Å². The predicted octanol–water partition coefficient (Wildman–Crippen LogP) is 4.14. The van der Waals surface area contributed by atoms with E-state index in [1.54, 1.807) is 12.1 Å². The smallest absolute Gasteiger partial charge is 0.270 e. The van der Waals surface area contributed by atoms with E-state index in [4.69, 9.17) is 0 Å². The number of non-ortho nitro benzene ring substituents is 1. The fourth-order valence-corrected chi connectivity index (χ4v) is 3.30. The molecule has 0 radical (unpaired) electrons. The summed E-state index contributed by atoms with van der Waals surface area (Å²) in [5.41, 5.74) is 2.03. The molecule has 124 valence electrons. The van der Waals surface area contributed by atoms with E-state index in [0.29, 0.717) is 0 Å². The largest absolute Gasteiger partial charge is 0.370 e. The van der Waals surface area contributed by atoms with Crippen LogP contribution < -0.4 is 10.2 Å². The highest BCUT2D eigenvalue weighted by Gasteiger charge is 2.13. The Labute approximate surface area is 143 Å². The molecule has 1 aromatic heterocycles. The third-order valence-electron chi connectivity index (χ3n) is 3.96. The molecule has 0 aliphatic rings. The van der Waals surface area contributed by atoms with Crippen LogP contribution in [0.2, 0.25) is 0 Å². The molecule has 0 saturated carbocycles. The number of hydrogen-bond donors (Lipinski definition) is 1. The topological polar surface area (TPSA) is 71.3 Å². The molecule has 0 bridgehead atoms. The Morgan fingerprint density at radius 3 is 2.75 bits per heavy atom. The van der Waals surface area contributed by atoms with Crippen LogP contribution in [0.5, 0.6) is 0 Å². The fraction of sp³-hybridized carbons (Fsp3) is 0.235. The first-order valence-electron chi connectivity index (χ1n) is 7.61. The molecule has 1 atom stereocenters. The average molecular weight is 342 g/mol. The molecular formula is C17H18N4O2S. The quantitative estimate of drug-likeness (QED) is 0.538. The van der Waals surface area contributed by atoms with Gasteiger partial charge in [-0.15, -0.1) is 0 Å². The minimum absolute atomic E-state index is 0.0925. The molecule has 1 N–H and O–H groups in total. The van der Waals surface area contributed by atoms with Gasteiger partial charge in [-0.2, -0.15) is 0 Å². The predicted molar refractivity (Wildman–Crippen MR) is 99.1 cm³/mol. The SMILES string of the molecule is CC(CNc1nc2ccc([N+](=O)[O-])cc2s1)N(C)c1ccccc1. The molecule has 24 heavy (non-hydrogen) atoms. The van der Waals surface area contributed by atoms with Crippen molar-refractivity contribution in [1.29, 1.82) is 0 Å². The van der Waals surface area contributed by atoms with Crippen molar-refractivity contribution >= 4 is 38.1 Å². The van der Waals surface area contributed by atoms with Gasteiger partial charge in [-0.25, -0.2) is 4.98 Å². The number of nitro groups is 1. The zero-order valence-electron chi connectivity index (χ0n) is 13.5. The summed E-state index contributed by atoms with van der Waals surface area (Å²) in [4.78, 5) is 17.1. The summed E-state index contributed by atoms with van der Waals surface area (Å²) in [5, 5.41) is 15.0. The Hall–Kier alpha value is -2.67. The molecule has 3 aromatic rings. The second-order valence-corrected chi connectivity index (χ2v) is 6.64. The minimum Gasteiger partial charge on any atom is -0.370 e. The van der Waals surface area contributed by atoms with Crippen LogP contribution in [0.4, 0.5) is 16.5 Å². The second-order valence-electron chi connectivity index (χ2n) is 5.60. The molecule has 1 unspecified atom stereocenters. The molecule has 3 rings (SSSR count). The molecule has 6 nitrogen and oxygen atoms in total. The van der Waals surface area contributed by atoms with Gasteiger partial charge in [0.25, 0.3) is 5.69 Å². The van der Waals surface area contributed by atoms with Crippen LogP contribution in [-0.4, -0.2) is 29.5 Å². The lowest BCUT2D eigenvalue weighted by atomic mass is 10.2. The zero-order valence-corrected chi connectivity index (χ0v) is 14.3. The van der Waals surface area contributed by atoms with E-state index in [-0.39, 0.29) is 16.7 Å². The summed E-state index contributed by atoms with van der Waals surface area (Å²) in [7, 11) is 2.06. The Morgan fingerprint density at radius 1 is 1.29 bits per heavy atom. The molecule has 7 heteroatoms. The Balaban J connectivity index is 1.68. The number of likely N-dealkylation sites (N-methyl/N-ethyl adjacent to an activating group) is 1. The molecule has 0 aliphatic heterocycles. The van der Waals surface area contributed by atoms with Gasteiger partial charge in [0.15, 0.2) is 5.13 Å². The third kappa shape index (κ3) is 3.46. The standard InChI is InChI=1S/C17H18N4O2S/c1-12(20(2)13-6-4-3-5-7-13)11-18-17-19-15-9-8-14(21(22)23)10-16(15)24-17/h3-10,12H,11H2,1-2H3,(H,18,19). The Bertz CT molecular complexity index is 850. The number of benzene rings is 2. The molecule has 2 aromatic carbocycles. The van der Waals surface area contributed by atoms with Gasteiger partial charge in [0, 0.05) is 37.5 Å². The number of para-hydroxylation sites is 1. The Kier molecular flexibility index (Phi) is 4.61. The van der Waals surface area contributed by atoms with Gasteiger partial charge in [-0.05, 0) is 25.1 Å². The van der Waals surface area contributed by atoms with Gasteiger partial charge in [-0.1, -0.05) is 29.5 Å². The number of nitrogens with one attached hydrogen (secondary N) is 1. The Morgan fingerprint density at radius 2 is 2.04 bits per heavy atom. The first-order valence-corrected chi connectivity index (χ1v) is 8.43. The number of nitro benzene ring substituents is 1. The highest BCUT2D eigenvalue weighted by Crippen LogP contribution is 2.29. The van der Waals surface area contributed by atoms with Gasteiger partial charge in [0.2, 0.25) is 0 Å². The average Bonchev–Trinajstić information content (AvgIpc) is 3.01. The van der Waals surface area contributed by atoms with E-state index < -0.39 is 0 Å². The molecule has 0 fully saturated rings. The van der Waals surface area contributed by atoms with E-state index in [9.17, 15) is 10.1 Å². The lowest BCUT2D eigenvalue weighted by molar-refractivity contribution is -0.384. The number of fused-ring (bicyclic) bond motifs is 1. The molecule has 1 heterocycles. The van der Waals surface area contributed by atoms with Crippen molar-refractivity contribution in [3.05, 3.63) is 58.6 Å². The summed E-state index contributed by atoms with van der Waals surface area (Å²) in [6.07, 6.45) is 0. The van der Waals surface area contributed by atoms with Gasteiger partial charge < -0.3 is 10.2 Å². The van der Waals surface area contributed by atoms with E-state index in [0.717, 1.165) is 27.6 Å². The third-order valence-corrected chi connectivity index (χ3v) is 4.93.